The van der Waals surface area contributed by atoms with Crippen molar-refractivity contribution in [3.63, 3.8) is 0 Å². The third kappa shape index (κ3) is 9.40. The van der Waals surface area contributed by atoms with Gasteiger partial charge in [0.2, 0.25) is 0 Å². The second-order valence-corrected chi connectivity index (χ2v) is 4.40. The van der Waals surface area contributed by atoms with Gasteiger partial charge in [0.1, 0.15) is 0 Å². The van der Waals surface area contributed by atoms with Crippen LogP contribution < -0.4 is 0 Å². The monoisotopic (exact) mass is 276 g/mol. The van der Waals surface area contributed by atoms with Crippen molar-refractivity contribution in [3.05, 3.63) is 0 Å². The molecule has 0 bridgehead atoms. The summed E-state index contributed by atoms with van der Waals surface area (Å²) in [5.74, 6) is -0.827. The Morgan fingerprint density at radius 1 is 1.05 bits per heavy atom. The number of esters is 1. The molecule has 0 fully saturated rings. The molecule has 7 heteroatoms. The summed E-state index contributed by atoms with van der Waals surface area (Å²) < 4.78 is 4.85. The standard InChI is InChI=1S/C12H24N2O5/c1-13(2)5-3-4-12(18)19-10-11(17)14(6-8-15)7-9-16/h15-16H,3-10H2,1-2H3. The van der Waals surface area contributed by atoms with E-state index in [2.05, 4.69) is 0 Å². The molecule has 0 saturated heterocycles. The molecule has 19 heavy (non-hydrogen) atoms. The Morgan fingerprint density at radius 3 is 2.11 bits per heavy atom. The average Bonchev–Trinajstić information content (AvgIpc) is 2.35. The number of carbonyl (C=O) groups excluding carboxylic acids is 2. The summed E-state index contributed by atoms with van der Waals surface area (Å²) in [7, 11) is 3.83. The Hall–Kier alpha value is -1.18. The van der Waals surface area contributed by atoms with E-state index in [1.165, 1.54) is 4.90 Å². The van der Waals surface area contributed by atoms with Crippen LogP contribution in [0.3, 0.4) is 0 Å². The minimum Gasteiger partial charge on any atom is -0.456 e. The molecule has 112 valence electrons. The lowest BCUT2D eigenvalue weighted by Crippen LogP contribution is -2.38. The minimum atomic E-state index is -0.414. The molecule has 0 saturated carbocycles. The zero-order valence-electron chi connectivity index (χ0n) is 11.7. The third-order valence-electron chi connectivity index (χ3n) is 2.44. The summed E-state index contributed by atoms with van der Waals surface area (Å²) in [6.07, 6.45) is 0.947. The molecule has 0 aromatic heterocycles. The normalized spacial score (nSPS) is 10.6. The highest BCUT2D eigenvalue weighted by Crippen LogP contribution is 1.96. The smallest absolute Gasteiger partial charge is 0.306 e. The molecular formula is C12H24N2O5. The molecule has 0 aliphatic heterocycles. The number of hydrogen-bond acceptors (Lipinski definition) is 6. The van der Waals surface area contributed by atoms with E-state index in [1.54, 1.807) is 0 Å². The molecule has 0 aliphatic rings. The first kappa shape index (κ1) is 17.8. The van der Waals surface area contributed by atoms with Crippen molar-refractivity contribution in [1.82, 2.24) is 9.80 Å². The van der Waals surface area contributed by atoms with Gasteiger partial charge >= 0.3 is 5.97 Å². The minimum absolute atomic E-state index is 0.123. The summed E-state index contributed by atoms with van der Waals surface area (Å²) in [6, 6.07) is 0. The van der Waals surface area contributed by atoms with E-state index < -0.39 is 11.9 Å². The molecule has 7 nitrogen and oxygen atoms in total. The first-order chi connectivity index (χ1) is 9.01. The fourth-order valence-electron chi connectivity index (χ4n) is 1.45. The molecule has 2 N–H and O–H groups in total. The number of hydrogen-bond donors (Lipinski definition) is 2. The number of rotatable bonds is 10. The molecule has 0 atom stereocenters. The van der Waals surface area contributed by atoms with Crippen LogP contribution in [0.15, 0.2) is 0 Å². The maximum atomic E-state index is 11.6. The summed E-state index contributed by atoms with van der Waals surface area (Å²) in [5.41, 5.74) is 0. The summed E-state index contributed by atoms with van der Waals surface area (Å²) in [6.45, 7) is 0.297. The van der Waals surface area contributed by atoms with E-state index in [0.717, 1.165) is 6.54 Å². The van der Waals surface area contributed by atoms with Crippen LogP contribution in [0.1, 0.15) is 12.8 Å². The number of aliphatic hydroxyl groups excluding tert-OH is 2. The van der Waals surface area contributed by atoms with E-state index in [9.17, 15) is 9.59 Å². The zero-order chi connectivity index (χ0) is 14.7. The predicted molar refractivity (Wildman–Crippen MR) is 69.5 cm³/mol. The van der Waals surface area contributed by atoms with Crippen LogP contribution in [-0.4, -0.2) is 85.4 Å². The van der Waals surface area contributed by atoms with Gasteiger partial charge in [-0.2, -0.15) is 0 Å². The van der Waals surface area contributed by atoms with Crippen LogP contribution in [0.25, 0.3) is 0 Å². The van der Waals surface area contributed by atoms with Gasteiger partial charge in [-0.25, -0.2) is 0 Å². The molecule has 0 spiro atoms. The SMILES string of the molecule is CN(C)CCCC(=O)OCC(=O)N(CCO)CCO. The number of nitrogens with zero attached hydrogens (tertiary/aromatic N) is 2. The largest absolute Gasteiger partial charge is 0.456 e. The number of carbonyl (C=O) groups is 2. The Balaban J connectivity index is 3.89. The van der Waals surface area contributed by atoms with Crippen molar-refractivity contribution >= 4 is 11.9 Å². The maximum Gasteiger partial charge on any atom is 0.306 e. The lowest BCUT2D eigenvalue weighted by atomic mass is 10.3. The van der Waals surface area contributed by atoms with E-state index >= 15 is 0 Å². The molecule has 0 radical (unpaired) electrons. The van der Waals surface area contributed by atoms with Gasteiger partial charge in [0.05, 0.1) is 13.2 Å². The Bertz CT molecular complexity index is 265. The highest BCUT2D eigenvalue weighted by molar-refractivity contribution is 5.80. The van der Waals surface area contributed by atoms with E-state index in [-0.39, 0.29) is 39.3 Å². The Labute approximate surface area is 113 Å². The van der Waals surface area contributed by atoms with Crippen LogP contribution in [-0.2, 0) is 14.3 Å². The van der Waals surface area contributed by atoms with Gasteiger partial charge in [-0.05, 0) is 27.1 Å². The summed E-state index contributed by atoms with van der Waals surface area (Å²) >= 11 is 0. The highest BCUT2D eigenvalue weighted by Gasteiger charge is 2.14. The van der Waals surface area contributed by atoms with Crippen molar-refractivity contribution in [2.75, 3.05) is 53.6 Å². The summed E-state index contributed by atoms with van der Waals surface area (Å²) in [5, 5.41) is 17.5. The van der Waals surface area contributed by atoms with Crippen molar-refractivity contribution in [1.29, 1.82) is 0 Å². The van der Waals surface area contributed by atoms with Crippen LogP contribution in [0, 0.1) is 0 Å². The molecule has 0 rings (SSSR count). The van der Waals surface area contributed by atoms with Gasteiger partial charge in [0.15, 0.2) is 6.61 Å². The second-order valence-electron chi connectivity index (χ2n) is 4.40. The fourth-order valence-corrected chi connectivity index (χ4v) is 1.45. The molecule has 0 heterocycles. The van der Waals surface area contributed by atoms with E-state index in [4.69, 9.17) is 14.9 Å². The first-order valence-corrected chi connectivity index (χ1v) is 6.31. The van der Waals surface area contributed by atoms with Gasteiger partial charge in [-0.15, -0.1) is 0 Å². The molecule has 0 aromatic rings. The van der Waals surface area contributed by atoms with Crippen molar-refractivity contribution < 1.29 is 24.5 Å². The fraction of sp³-hybridized carbons (Fsp3) is 0.833. The predicted octanol–water partition coefficient (Wildman–Crippen LogP) is -1.32. The topological polar surface area (TPSA) is 90.3 Å². The Morgan fingerprint density at radius 2 is 1.63 bits per heavy atom. The van der Waals surface area contributed by atoms with Gasteiger partial charge in [-0.3, -0.25) is 9.59 Å². The number of aliphatic hydroxyl groups is 2. The van der Waals surface area contributed by atoms with E-state index in [1.807, 2.05) is 19.0 Å². The van der Waals surface area contributed by atoms with Gasteiger partial charge in [-0.1, -0.05) is 0 Å². The second kappa shape index (κ2) is 10.7. The molecule has 0 aromatic carbocycles. The zero-order valence-corrected chi connectivity index (χ0v) is 11.7. The lowest BCUT2D eigenvalue weighted by Gasteiger charge is -2.20. The molecule has 0 aliphatic carbocycles. The molecule has 0 unspecified atom stereocenters. The maximum absolute atomic E-state index is 11.6. The third-order valence-corrected chi connectivity index (χ3v) is 2.44. The first-order valence-electron chi connectivity index (χ1n) is 6.31. The lowest BCUT2D eigenvalue weighted by molar-refractivity contribution is -0.152. The van der Waals surface area contributed by atoms with Crippen LogP contribution >= 0.6 is 0 Å². The van der Waals surface area contributed by atoms with Gasteiger partial charge < -0.3 is 24.7 Å². The molecule has 1 amide bonds. The summed E-state index contributed by atoms with van der Waals surface area (Å²) in [4.78, 5) is 26.2. The van der Waals surface area contributed by atoms with Crippen LogP contribution in [0.4, 0.5) is 0 Å². The quantitative estimate of drug-likeness (QED) is 0.481. The highest BCUT2D eigenvalue weighted by atomic mass is 16.5. The van der Waals surface area contributed by atoms with Crippen LogP contribution in [0.5, 0.6) is 0 Å². The van der Waals surface area contributed by atoms with Crippen molar-refractivity contribution in [2.45, 2.75) is 12.8 Å². The molecular weight excluding hydrogens is 252 g/mol. The average molecular weight is 276 g/mol. The van der Waals surface area contributed by atoms with Crippen molar-refractivity contribution in [3.8, 4) is 0 Å². The van der Waals surface area contributed by atoms with Crippen molar-refractivity contribution in [2.24, 2.45) is 0 Å². The van der Waals surface area contributed by atoms with Gasteiger partial charge in [0, 0.05) is 19.5 Å². The van der Waals surface area contributed by atoms with Gasteiger partial charge in [0.25, 0.3) is 5.91 Å². The Kier molecular flexibility index (Phi) is 10.1. The number of amides is 1. The van der Waals surface area contributed by atoms with Crippen LogP contribution in [0.2, 0.25) is 0 Å². The number of ether oxygens (including phenoxy) is 1. The van der Waals surface area contributed by atoms with E-state index in [0.29, 0.717) is 6.42 Å².